The van der Waals surface area contributed by atoms with Crippen molar-refractivity contribution in [1.29, 1.82) is 0 Å². The van der Waals surface area contributed by atoms with E-state index in [2.05, 4.69) is 29.7 Å². The first-order chi connectivity index (χ1) is 15.0. The van der Waals surface area contributed by atoms with Gasteiger partial charge in [0.15, 0.2) is 0 Å². The normalized spacial score (nSPS) is 27.0. The van der Waals surface area contributed by atoms with Crippen LogP contribution in [0.15, 0.2) is 24.3 Å². The lowest BCUT2D eigenvalue weighted by Gasteiger charge is -2.40. The first-order valence-electron chi connectivity index (χ1n) is 12.8. The number of carbonyl (C=O) groups excluding carboxylic acids is 1. The highest BCUT2D eigenvalue weighted by Crippen LogP contribution is 2.43. The number of carbonyl (C=O) groups is 1. The minimum absolute atomic E-state index is 0.363. The van der Waals surface area contributed by atoms with Gasteiger partial charge in [-0.1, -0.05) is 45.2 Å². The van der Waals surface area contributed by atoms with Gasteiger partial charge in [0.2, 0.25) is 5.91 Å². The maximum atomic E-state index is 13.0. The van der Waals surface area contributed by atoms with Crippen molar-refractivity contribution in [3.63, 3.8) is 0 Å². The second-order valence-corrected chi connectivity index (χ2v) is 10.8. The second-order valence-electron chi connectivity index (χ2n) is 10.8. The fourth-order valence-corrected chi connectivity index (χ4v) is 6.40. The summed E-state index contributed by atoms with van der Waals surface area (Å²) in [7, 11) is 0. The Morgan fingerprint density at radius 3 is 2.45 bits per heavy atom. The lowest BCUT2D eigenvalue weighted by Crippen LogP contribution is -2.47. The average Bonchev–Trinajstić information content (AvgIpc) is 2.98. The number of hydrogen-bond acceptors (Lipinski definition) is 3. The van der Waals surface area contributed by atoms with Crippen LogP contribution in [0, 0.1) is 11.8 Å². The predicted octanol–water partition coefficient (Wildman–Crippen LogP) is 5.56. The van der Waals surface area contributed by atoms with Gasteiger partial charge in [0.05, 0.1) is 0 Å². The first kappa shape index (κ1) is 22.6. The van der Waals surface area contributed by atoms with E-state index < -0.39 is 0 Å². The van der Waals surface area contributed by atoms with Crippen LogP contribution in [0.5, 0.6) is 5.75 Å². The zero-order valence-corrected chi connectivity index (χ0v) is 19.6. The molecule has 3 aliphatic rings. The topological polar surface area (TPSA) is 43.8 Å². The summed E-state index contributed by atoms with van der Waals surface area (Å²) >= 11 is 0. The summed E-state index contributed by atoms with van der Waals surface area (Å²) in [6.07, 6.45) is 12.2. The van der Waals surface area contributed by atoms with Crippen molar-refractivity contribution >= 4 is 5.91 Å². The zero-order valence-electron chi connectivity index (χ0n) is 19.6. The van der Waals surface area contributed by atoms with Crippen molar-refractivity contribution in [2.75, 3.05) is 19.6 Å². The fraction of sp³-hybridized carbons (Fsp3) is 0.741. The molecule has 2 saturated heterocycles. The average molecular weight is 427 g/mol. The third kappa shape index (κ3) is 5.83. The van der Waals surface area contributed by atoms with Crippen molar-refractivity contribution in [3.8, 4) is 5.75 Å². The quantitative estimate of drug-likeness (QED) is 0.592. The number of hydrogen-bond donors (Lipinski definition) is 1. The van der Waals surface area contributed by atoms with Gasteiger partial charge in [0.25, 0.3) is 0 Å². The third-order valence-corrected chi connectivity index (χ3v) is 7.99. The van der Waals surface area contributed by atoms with Crippen LogP contribution in [0.3, 0.4) is 0 Å². The largest absolute Gasteiger partial charge is 0.508 e. The highest BCUT2D eigenvalue weighted by Gasteiger charge is 2.41. The molecule has 3 fully saturated rings. The molecular formula is C27H42N2O2. The molecule has 1 aromatic rings. The number of amides is 1. The summed E-state index contributed by atoms with van der Waals surface area (Å²) in [6, 6.07) is 9.13. The summed E-state index contributed by atoms with van der Waals surface area (Å²) in [5.74, 6) is 2.44. The molecule has 1 aliphatic carbocycles. The Bertz CT molecular complexity index is 714. The lowest BCUT2D eigenvalue weighted by molar-refractivity contribution is -0.133. The van der Waals surface area contributed by atoms with E-state index >= 15 is 0 Å². The van der Waals surface area contributed by atoms with Crippen LogP contribution in [-0.4, -0.2) is 52.5 Å². The van der Waals surface area contributed by atoms with Crippen LogP contribution >= 0.6 is 0 Å². The molecule has 4 nitrogen and oxygen atoms in total. The molecule has 2 aliphatic heterocycles. The van der Waals surface area contributed by atoms with E-state index in [0.29, 0.717) is 47.9 Å². The Hall–Kier alpha value is -1.55. The van der Waals surface area contributed by atoms with Crippen molar-refractivity contribution in [2.24, 2.45) is 11.8 Å². The number of rotatable bonds is 8. The molecule has 31 heavy (non-hydrogen) atoms. The van der Waals surface area contributed by atoms with E-state index in [1.807, 2.05) is 12.1 Å². The molecule has 1 amide bonds. The summed E-state index contributed by atoms with van der Waals surface area (Å²) in [6.45, 7) is 7.21. The molecule has 2 heterocycles. The third-order valence-electron chi connectivity index (χ3n) is 7.99. The molecule has 1 aromatic carbocycles. The van der Waals surface area contributed by atoms with Crippen LogP contribution in [0.4, 0.5) is 0 Å². The Morgan fingerprint density at radius 1 is 1.10 bits per heavy atom. The van der Waals surface area contributed by atoms with Gasteiger partial charge in [-0.25, -0.2) is 0 Å². The number of phenols is 1. The zero-order chi connectivity index (χ0) is 21.8. The van der Waals surface area contributed by atoms with E-state index in [4.69, 9.17) is 0 Å². The van der Waals surface area contributed by atoms with E-state index in [1.165, 1.54) is 63.4 Å². The SMILES string of the molecule is CC(C)CC(=O)N(CCN1[C@@H]2CC[C@H]1CC(c1cccc(O)c1)C2)CC1CCCCC1. The number of phenolic OH excluding ortho intramolecular Hbond substituents is 1. The lowest BCUT2D eigenvalue weighted by atomic mass is 9.85. The Balaban J connectivity index is 1.36. The van der Waals surface area contributed by atoms with Gasteiger partial charge in [0.1, 0.15) is 5.75 Å². The monoisotopic (exact) mass is 426 g/mol. The minimum atomic E-state index is 0.363. The molecule has 1 unspecified atom stereocenters. The van der Waals surface area contributed by atoms with Crippen LogP contribution < -0.4 is 0 Å². The molecule has 1 saturated carbocycles. The van der Waals surface area contributed by atoms with Crippen molar-refractivity contribution in [1.82, 2.24) is 9.80 Å². The summed E-state index contributed by atoms with van der Waals surface area (Å²) in [5.41, 5.74) is 1.29. The van der Waals surface area contributed by atoms with Gasteiger partial charge in [0, 0.05) is 38.1 Å². The van der Waals surface area contributed by atoms with Gasteiger partial charge in [-0.2, -0.15) is 0 Å². The minimum Gasteiger partial charge on any atom is -0.508 e. The number of nitrogens with zero attached hydrogens (tertiary/aromatic N) is 2. The smallest absolute Gasteiger partial charge is 0.222 e. The van der Waals surface area contributed by atoms with E-state index in [-0.39, 0.29) is 0 Å². The van der Waals surface area contributed by atoms with Gasteiger partial charge in [-0.15, -0.1) is 0 Å². The number of benzene rings is 1. The molecule has 0 aromatic heterocycles. The molecule has 4 rings (SSSR count). The maximum Gasteiger partial charge on any atom is 0.222 e. The number of fused-ring (bicyclic) bond motifs is 2. The van der Waals surface area contributed by atoms with Gasteiger partial charge < -0.3 is 10.0 Å². The van der Waals surface area contributed by atoms with Crippen LogP contribution in [0.2, 0.25) is 0 Å². The van der Waals surface area contributed by atoms with Gasteiger partial charge in [-0.05, 0) is 74.0 Å². The predicted molar refractivity (Wildman–Crippen MR) is 126 cm³/mol. The molecule has 0 radical (unpaired) electrons. The number of aromatic hydroxyl groups is 1. The molecule has 2 bridgehead atoms. The summed E-state index contributed by atoms with van der Waals surface area (Å²) in [4.78, 5) is 18.0. The van der Waals surface area contributed by atoms with Crippen molar-refractivity contribution in [3.05, 3.63) is 29.8 Å². The van der Waals surface area contributed by atoms with Crippen LogP contribution in [0.25, 0.3) is 0 Å². The Morgan fingerprint density at radius 2 is 1.81 bits per heavy atom. The summed E-state index contributed by atoms with van der Waals surface area (Å²) in [5, 5.41) is 9.89. The van der Waals surface area contributed by atoms with Gasteiger partial charge in [-0.3, -0.25) is 9.69 Å². The standard InChI is InChI=1S/C27H42N2O2/c1-20(2)15-27(31)28(19-21-7-4-3-5-8-21)13-14-29-24-11-12-25(29)17-23(16-24)22-9-6-10-26(30)18-22/h6,9-10,18,20-21,23-25,30H,3-5,7-8,11-17,19H2,1-2H3/t23?,24-,25+. The highest BCUT2D eigenvalue weighted by atomic mass is 16.3. The fourth-order valence-electron chi connectivity index (χ4n) is 6.40. The molecular weight excluding hydrogens is 384 g/mol. The number of piperidine rings is 1. The van der Waals surface area contributed by atoms with Crippen LogP contribution in [-0.2, 0) is 4.79 Å². The maximum absolute atomic E-state index is 13.0. The first-order valence-corrected chi connectivity index (χ1v) is 12.8. The molecule has 4 heteroatoms. The van der Waals surface area contributed by atoms with Crippen molar-refractivity contribution < 1.29 is 9.90 Å². The van der Waals surface area contributed by atoms with Crippen LogP contribution in [0.1, 0.15) is 89.5 Å². The molecule has 172 valence electrons. The van der Waals surface area contributed by atoms with Gasteiger partial charge >= 0.3 is 0 Å². The van der Waals surface area contributed by atoms with Crippen molar-refractivity contribution in [2.45, 2.75) is 96.1 Å². The second kappa shape index (κ2) is 10.4. The summed E-state index contributed by atoms with van der Waals surface area (Å²) < 4.78 is 0. The van der Waals surface area contributed by atoms with E-state index in [1.54, 1.807) is 6.07 Å². The molecule has 3 atom stereocenters. The highest BCUT2D eigenvalue weighted by molar-refractivity contribution is 5.76. The van der Waals surface area contributed by atoms with E-state index in [9.17, 15) is 9.90 Å². The Kier molecular flexibility index (Phi) is 7.58. The molecule has 1 N–H and O–H groups in total. The van der Waals surface area contributed by atoms with E-state index in [0.717, 1.165) is 19.6 Å². The molecule has 0 spiro atoms. The Labute approximate surface area is 189 Å².